The zero-order valence-corrected chi connectivity index (χ0v) is 11.2. The molecule has 0 bridgehead atoms. The van der Waals surface area contributed by atoms with E-state index < -0.39 is 11.8 Å². The van der Waals surface area contributed by atoms with Crippen molar-refractivity contribution in [2.24, 2.45) is 0 Å². The number of rotatable bonds is 5. The molecular weight excluding hydrogens is 261 g/mol. The smallest absolute Gasteiger partial charge is 0.323 e. The second kappa shape index (κ2) is 5.86. The van der Waals surface area contributed by atoms with E-state index in [0.29, 0.717) is 11.1 Å². The largest absolute Gasteiger partial charge is 0.480 e. The van der Waals surface area contributed by atoms with Gasteiger partial charge in [0, 0.05) is 17.7 Å². The number of benzene rings is 1. The highest BCUT2D eigenvalue weighted by atomic mass is 19.1. The molecule has 20 heavy (non-hydrogen) atoms. The number of carboxylic acid groups (broad SMARTS) is 1. The number of allylic oxidation sites excluding steroid dienone is 1. The molecular formula is C15H16FNO3. The number of aliphatic carboxylic acids is 1. The van der Waals surface area contributed by atoms with Crippen molar-refractivity contribution in [3.63, 3.8) is 0 Å². The van der Waals surface area contributed by atoms with E-state index >= 15 is 0 Å². The number of carbonyl (C=O) groups excluding carboxylic acids is 1. The highest BCUT2D eigenvalue weighted by Gasteiger charge is 2.33. The van der Waals surface area contributed by atoms with E-state index in [1.54, 1.807) is 25.1 Å². The van der Waals surface area contributed by atoms with Crippen LogP contribution in [0.4, 0.5) is 4.39 Å². The molecule has 4 nitrogen and oxygen atoms in total. The van der Waals surface area contributed by atoms with Crippen LogP contribution in [-0.4, -0.2) is 34.5 Å². The molecule has 1 amide bonds. The van der Waals surface area contributed by atoms with Crippen molar-refractivity contribution >= 4 is 17.4 Å². The molecule has 0 atom stereocenters. The summed E-state index contributed by atoms with van der Waals surface area (Å²) >= 11 is 0. The highest BCUT2D eigenvalue weighted by molar-refractivity contribution is 5.96. The van der Waals surface area contributed by atoms with Gasteiger partial charge in [-0.2, -0.15) is 0 Å². The van der Waals surface area contributed by atoms with Gasteiger partial charge in [-0.3, -0.25) is 9.59 Å². The molecule has 1 aliphatic carbocycles. The summed E-state index contributed by atoms with van der Waals surface area (Å²) in [5.74, 6) is -1.82. The van der Waals surface area contributed by atoms with E-state index in [4.69, 9.17) is 5.11 Å². The van der Waals surface area contributed by atoms with Crippen molar-refractivity contribution in [1.82, 2.24) is 4.90 Å². The molecule has 0 aliphatic heterocycles. The molecule has 2 rings (SSSR count). The minimum Gasteiger partial charge on any atom is -0.480 e. The molecule has 1 N–H and O–H groups in total. The van der Waals surface area contributed by atoms with Crippen LogP contribution < -0.4 is 0 Å². The Bertz CT molecular complexity index is 564. The van der Waals surface area contributed by atoms with Crippen LogP contribution >= 0.6 is 0 Å². The molecule has 106 valence electrons. The average molecular weight is 277 g/mol. The van der Waals surface area contributed by atoms with E-state index in [1.165, 1.54) is 17.0 Å². The van der Waals surface area contributed by atoms with Gasteiger partial charge in [-0.1, -0.05) is 18.2 Å². The molecule has 1 saturated carbocycles. The van der Waals surface area contributed by atoms with E-state index in [0.717, 1.165) is 12.8 Å². The zero-order valence-electron chi connectivity index (χ0n) is 11.2. The van der Waals surface area contributed by atoms with Crippen molar-refractivity contribution in [1.29, 1.82) is 0 Å². The van der Waals surface area contributed by atoms with Crippen LogP contribution in [0.15, 0.2) is 30.3 Å². The molecule has 1 aromatic rings. The van der Waals surface area contributed by atoms with Gasteiger partial charge in [0.05, 0.1) is 0 Å². The van der Waals surface area contributed by atoms with Gasteiger partial charge in [0.15, 0.2) is 0 Å². The van der Waals surface area contributed by atoms with Crippen LogP contribution in [0.25, 0.3) is 5.57 Å². The normalized spacial score (nSPS) is 15.0. The summed E-state index contributed by atoms with van der Waals surface area (Å²) in [6.45, 7) is 1.33. The first-order valence-corrected chi connectivity index (χ1v) is 6.44. The van der Waals surface area contributed by atoms with Gasteiger partial charge in [0.1, 0.15) is 12.4 Å². The predicted molar refractivity (Wildman–Crippen MR) is 72.4 cm³/mol. The lowest BCUT2D eigenvalue weighted by Gasteiger charge is -2.18. The second-order valence-corrected chi connectivity index (χ2v) is 4.90. The van der Waals surface area contributed by atoms with E-state index in [-0.39, 0.29) is 18.5 Å². The zero-order chi connectivity index (χ0) is 14.7. The van der Waals surface area contributed by atoms with E-state index in [2.05, 4.69) is 0 Å². The number of carboxylic acids is 1. The monoisotopic (exact) mass is 277 g/mol. The minimum absolute atomic E-state index is 0.00303. The summed E-state index contributed by atoms with van der Waals surface area (Å²) in [7, 11) is 0. The van der Waals surface area contributed by atoms with Gasteiger partial charge < -0.3 is 10.0 Å². The Labute approximate surface area is 116 Å². The molecule has 0 radical (unpaired) electrons. The van der Waals surface area contributed by atoms with Crippen molar-refractivity contribution in [2.75, 3.05) is 6.54 Å². The van der Waals surface area contributed by atoms with Crippen molar-refractivity contribution in [3.05, 3.63) is 41.7 Å². The molecule has 0 heterocycles. The Hall–Kier alpha value is -2.17. The van der Waals surface area contributed by atoms with Crippen molar-refractivity contribution < 1.29 is 19.1 Å². The Kier molecular flexibility index (Phi) is 4.17. The number of hydrogen-bond acceptors (Lipinski definition) is 2. The van der Waals surface area contributed by atoms with E-state index in [1.807, 2.05) is 0 Å². The summed E-state index contributed by atoms with van der Waals surface area (Å²) in [6.07, 6.45) is 2.96. The first kappa shape index (κ1) is 14.2. The van der Waals surface area contributed by atoms with Crippen LogP contribution in [0.3, 0.4) is 0 Å². The average Bonchev–Trinajstić information content (AvgIpc) is 3.20. The van der Waals surface area contributed by atoms with Crippen LogP contribution in [-0.2, 0) is 9.59 Å². The van der Waals surface area contributed by atoms with Crippen LogP contribution in [0, 0.1) is 5.82 Å². The Morgan fingerprint density at radius 3 is 2.60 bits per heavy atom. The van der Waals surface area contributed by atoms with Crippen LogP contribution in [0.5, 0.6) is 0 Å². The molecule has 1 aromatic carbocycles. The highest BCUT2D eigenvalue weighted by Crippen LogP contribution is 2.27. The molecule has 1 fully saturated rings. The quantitative estimate of drug-likeness (QED) is 0.840. The maximum atomic E-state index is 13.6. The molecule has 0 saturated heterocycles. The molecule has 1 aliphatic rings. The van der Waals surface area contributed by atoms with E-state index in [9.17, 15) is 14.0 Å². The third-order valence-corrected chi connectivity index (χ3v) is 3.22. The maximum Gasteiger partial charge on any atom is 0.323 e. The van der Waals surface area contributed by atoms with Crippen molar-refractivity contribution in [2.45, 2.75) is 25.8 Å². The summed E-state index contributed by atoms with van der Waals surface area (Å²) < 4.78 is 13.6. The predicted octanol–water partition coefficient (Wildman–Crippen LogP) is 2.30. The van der Waals surface area contributed by atoms with Gasteiger partial charge in [-0.15, -0.1) is 0 Å². The maximum absolute atomic E-state index is 13.6. The lowest BCUT2D eigenvalue weighted by Crippen LogP contribution is -2.36. The van der Waals surface area contributed by atoms with Gasteiger partial charge in [0.2, 0.25) is 5.91 Å². The standard InChI is InChI=1S/C15H16FNO3/c1-10(12-4-2-3-5-13(12)16)8-14(18)17(9-15(19)20)11-6-7-11/h2-5,8,11H,6-7,9H2,1H3,(H,19,20). The third kappa shape index (κ3) is 3.44. The van der Waals surface area contributed by atoms with Crippen molar-refractivity contribution in [3.8, 4) is 0 Å². The fourth-order valence-corrected chi connectivity index (χ4v) is 2.05. The number of amides is 1. The summed E-state index contributed by atoms with van der Waals surface area (Å²) in [6, 6.07) is 6.19. The fourth-order valence-electron chi connectivity index (χ4n) is 2.05. The number of carbonyl (C=O) groups is 2. The Morgan fingerprint density at radius 1 is 1.40 bits per heavy atom. The first-order chi connectivity index (χ1) is 9.49. The Morgan fingerprint density at radius 2 is 2.05 bits per heavy atom. The number of halogens is 1. The summed E-state index contributed by atoms with van der Waals surface area (Å²) in [5.41, 5.74) is 0.844. The van der Waals surface area contributed by atoms with Gasteiger partial charge in [0.25, 0.3) is 0 Å². The molecule has 0 spiro atoms. The lowest BCUT2D eigenvalue weighted by atomic mass is 10.1. The summed E-state index contributed by atoms with van der Waals surface area (Å²) in [4.78, 5) is 24.2. The van der Waals surface area contributed by atoms with Crippen LogP contribution in [0.2, 0.25) is 0 Å². The molecule has 0 aromatic heterocycles. The second-order valence-electron chi connectivity index (χ2n) is 4.90. The molecule has 0 unspecified atom stereocenters. The lowest BCUT2D eigenvalue weighted by molar-refractivity contribution is -0.143. The van der Waals surface area contributed by atoms with Gasteiger partial charge in [-0.05, 0) is 31.4 Å². The van der Waals surface area contributed by atoms with Crippen LogP contribution in [0.1, 0.15) is 25.3 Å². The minimum atomic E-state index is -1.04. The first-order valence-electron chi connectivity index (χ1n) is 6.44. The Balaban J connectivity index is 2.17. The number of hydrogen-bond donors (Lipinski definition) is 1. The van der Waals surface area contributed by atoms with Gasteiger partial charge >= 0.3 is 5.97 Å². The number of nitrogens with zero attached hydrogens (tertiary/aromatic N) is 1. The molecule has 5 heteroatoms. The third-order valence-electron chi connectivity index (χ3n) is 3.22. The SMILES string of the molecule is CC(=CC(=O)N(CC(=O)O)C1CC1)c1ccccc1F. The van der Waals surface area contributed by atoms with Gasteiger partial charge in [-0.25, -0.2) is 4.39 Å². The summed E-state index contributed by atoms with van der Waals surface area (Å²) in [5, 5.41) is 8.83. The topological polar surface area (TPSA) is 57.6 Å². The fraction of sp³-hybridized carbons (Fsp3) is 0.333.